The molecule has 0 radical (unpaired) electrons. The SMILES string of the molecule is CCN(CC)C(=O)C1Sc2c(F)cccc2-c2c1c1ccccc1n2CC[18F]. The molecule has 3 aromatic rings. The molecule has 28 heavy (non-hydrogen) atoms. The predicted molar refractivity (Wildman–Crippen MR) is 110 cm³/mol. The molecule has 0 saturated heterocycles. The Bertz CT molecular complexity index is 1040. The molecule has 6 heteroatoms. The summed E-state index contributed by atoms with van der Waals surface area (Å²) < 4.78 is 30.0. The highest BCUT2D eigenvalue weighted by Gasteiger charge is 2.38. The van der Waals surface area contributed by atoms with Crippen LogP contribution in [0.3, 0.4) is 0 Å². The first kappa shape index (κ1) is 19.0. The number of alkyl halides is 1. The lowest BCUT2D eigenvalue weighted by Gasteiger charge is -2.30. The summed E-state index contributed by atoms with van der Waals surface area (Å²) in [4.78, 5) is 15.6. The van der Waals surface area contributed by atoms with E-state index in [1.54, 1.807) is 11.0 Å². The first-order chi connectivity index (χ1) is 13.6. The maximum atomic E-state index is 14.7. The highest BCUT2D eigenvalue weighted by molar-refractivity contribution is 8.00. The minimum absolute atomic E-state index is 0.0340. The van der Waals surface area contributed by atoms with E-state index in [4.69, 9.17) is 0 Å². The van der Waals surface area contributed by atoms with Gasteiger partial charge in [0.15, 0.2) is 0 Å². The van der Waals surface area contributed by atoms with E-state index < -0.39 is 11.9 Å². The van der Waals surface area contributed by atoms with Gasteiger partial charge in [-0.05, 0) is 26.0 Å². The minimum Gasteiger partial charge on any atom is -0.342 e. The fraction of sp³-hybridized carbons (Fsp3) is 0.318. The third-order valence-corrected chi connectivity index (χ3v) is 6.66. The average molecular weight is 399 g/mol. The number of nitrogens with zero attached hydrogens (tertiary/aromatic N) is 2. The molecule has 2 aromatic carbocycles. The lowest BCUT2D eigenvalue weighted by Crippen LogP contribution is -2.34. The Kier molecular flexibility index (Phi) is 5.15. The fourth-order valence-corrected chi connectivity index (χ4v) is 5.38. The van der Waals surface area contributed by atoms with Crippen molar-refractivity contribution in [2.75, 3.05) is 19.8 Å². The Morgan fingerprint density at radius 3 is 2.61 bits per heavy atom. The van der Waals surface area contributed by atoms with Crippen molar-refractivity contribution in [1.29, 1.82) is 0 Å². The van der Waals surface area contributed by atoms with Gasteiger partial charge in [-0.2, -0.15) is 0 Å². The van der Waals surface area contributed by atoms with Crippen molar-refractivity contribution in [3.63, 3.8) is 0 Å². The van der Waals surface area contributed by atoms with Crippen molar-refractivity contribution < 1.29 is 13.6 Å². The number of carbonyl (C=O) groups excluding carboxylic acids is 1. The third kappa shape index (κ3) is 2.82. The number of amides is 1. The highest BCUT2D eigenvalue weighted by atomic mass is 32.2. The third-order valence-electron chi connectivity index (χ3n) is 5.34. The molecular weight excluding hydrogens is 377 g/mol. The number of rotatable bonds is 5. The van der Waals surface area contributed by atoms with Crippen molar-refractivity contribution in [1.82, 2.24) is 9.47 Å². The molecule has 2 heterocycles. The van der Waals surface area contributed by atoms with E-state index in [-0.39, 0.29) is 18.3 Å². The van der Waals surface area contributed by atoms with Gasteiger partial charge in [0.2, 0.25) is 5.91 Å². The highest BCUT2D eigenvalue weighted by Crippen LogP contribution is 2.53. The summed E-state index contributed by atoms with van der Waals surface area (Å²) in [6.45, 7) is 4.71. The van der Waals surface area contributed by atoms with Crippen LogP contribution in [0, 0.1) is 5.82 Å². The Morgan fingerprint density at radius 2 is 1.89 bits per heavy atom. The number of hydrogen-bond acceptors (Lipinski definition) is 2. The molecule has 0 bridgehead atoms. The number of halogens is 2. The molecule has 0 aliphatic carbocycles. The summed E-state index contributed by atoms with van der Waals surface area (Å²) >= 11 is 1.27. The summed E-state index contributed by atoms with van der Waals surface area (Å²) in [5.74, 6) is -0.379. The largest absolute Gasteiger partial charge is 0.342 e. The summed E-state index contributed by atoms with van der Waals surface area (Å²) in [6.07, 6.45) is 0. The molecular formula is C22H22F2N2OS. The predicted octanol–water partition coefficient (Wildman–Crippen LogP) is 5.43. The van der Waals surface area contributed by atoms with E-state index in [0.717, 1.165) is 27.7 Å². The average Bonchev–Trinajstić information content (AvgIpc) is 3.04. The van der Waals surface area contributed by atoms with Crippen LogP contribution in [-0.2, 0) is 11.3 Å². The zero-order chi connectivity index (χ0) is 19.8. The molecule has 0 N–H and O–H groups in total. The second kappa shape index (κ2) is 7.59. The molecule has 146 valence electrons. The maximum absolute atomic E-state index is 14.7. The number of aromatic nitrogens is 1. The van der Waals surface area contributed by atoms with Crippen LogP contribution >= 0.6 is 11.8 Å². The van der Waals surface area contributed by atoms with Crippen LogP contribution < -0.4 is 0 Å². The number of likely N-dealkylation sites (N-methyl/N-ethyl adjacent to an activating group) is 1. The van der Waals surface area contributed by atoms with Gasteiger partial charge in [-0.3, -0.25) is 4.79 Å². The number of carbonyl (C=O) groups is 1. The topological polar surface area (TPSA) is 25.2 Å². The van der Waals surface area contributed by atoms with Crippen molar-refractivity contribution in [3.8, 4) is 11.3 Å². The van der Waals surface area contributed by atoms with Crippen molar-refractivity contribution in [2.24, 2.45) is 0 Å². The molecule has 1 unspecified atom stereocenters. The Hall–Kier alpha value is -2.34. The first-order valence-corrected chi connectivity index (χ1v) is 10.4. The van der Waals surface area contributed by atoms with Crippen molar-refractivity contribution in [3.05, 3.63) is 53.8 Å². The Balaban J connectivity index is 2.05. The maximum Gasteiger partial charge on any atom is 0.240 e. The summed E-state index contributed by atoms with van der Waals surface area (Å²) in [5, 5.41) is 0.379. The Morgan fingerprint density at radius 1 is 1.14 bits per heavy atom. The molecule has 0 fully saturated rings. The van der Waals surface area contributed by atoms with Crippen molar-refractivity contribution >= 4 is 28.6 Å². The lowest BCUT2D eigenvalue weighted by molar-refractivity contribution is -0.130. The molecule has 4 rings (SSSR count). The zero-order valence-electron chi connectivity index (χ0n) is 15.9. The van der Waals surface area contributed by atoms with Gasteiger partial charge in [-0.15, -0.1) is 11.8 Å². The van der Waals surface area contributed by atoms with Gasteiger partial charge in [0.1, 0.15) is 17.7 Å². The van der Waals surface area contributed by atoms with Crippen LogP contribution in [0.5, 0.6) is 0 Å². The number of thioether (sulfide) groups is 1. The second-order valence-corrected chi connectivity index (χ2v) is 7.86. The van der Waals surface area contributed by atoms with Gasteiger partial charge in [0.25, 0.3) is 0 Å². The van der Waals surface area contributed by atoms with Gasteiger partial charge in [0, 0.05) is 35.1 Å². The smallest absolute Gasteiger partial charge is 0.240 e. The molecule has 0 saturated carbocycles. The van der Waals surface area contributed by atoms with E-state index >= 15 is 0 Å². The van der Waals surface area contributed by atoms with E-state index in [1.165, 1.54) is 17.8 Å². The van der Waals surface area contributed by atoms with Crippen LogP contribution in [0.1, 0.15) is 24.7 Å². The quantitative estimate of drug-likeness (QED) is 0.571. The number of benzene rings is 2. The first-order valence-electron chi connectivity index (χ1n) is 9.53. The summed E-state index contributed by atoms with van der Waals surface area (Å²) in [6, 6.07) is 12.7. The van der Waals surface area contributed by atoms with Crippen LogP contribution in [0.15, 0.2) is 47.4 Å². The number of hydrogen-bond donors (Lipinski definition) is 0. The van der Waals surface area contributed by atoms with E-state index in [2.05, 4.69) is 0 Å². The van der Waals surface area contributed by atoms with E-state index in [9.17, 15) is 13.6 Å². The van der Waals surface area contributed by atoms with Crippen LogP contribution in [0.2, 0.25) is 0 Å². The monoisotopic (exact) mass is 399 g/mol. The van der Waals surface area contributed by atoms with Crippen molar-refractivity contribution in [2.45, 2.75) is 30.5 Å². The molecule has 1 aliphatic heterocycles. The second-order valence-electron chi connectivity index (χ2n) is 6.74. The van der Waals surface area contributed by atoms with Gasteiger partial charge >= 0.3 is 0 Å². The summed E-state index contributed by atoms with van der Waals surface area (Å²) in [5.41, 5.74) is 3.23. The summed E-state index contributed by atoms with van der Waals surface area (Å²) in [7, 11) is 0. The van der Waals surface area contributed by atoms with Crippen LogP contribution in [0.25, 0.3) is 22.2 Å². The number of para-hydroxylation sites is 1. The van der Waals surface area contributed by atoms with Gasteiger partial charge in [-0.1, -0.05) is 30.3 Å². The normalized spacial score (nSPS) is 15.4. The molecule has 0 spiro atoms. The molecule has 3 nitrogen and oxygen atoms in total. The molecule has 1 aromatic heterocycles. The molecule has 1 aliphatic rings. The number of fused-ring (bicyclic) bond motifs is 5. The standard InChI is InChI=1S/C22H22F2N2OS/c1-3-25(4-2)22(27)21-18-14-8-5-6-11-17(14)26(13-12-23)19(18)15-9-7-10-16(24)20(15)28-21/h5-11,21H,3-4,12-13H2,1-2H3/i23-1. The van der Waals surface area contributed by atoms with Crippen LogP contribution in [0.4, 0.5) is 8.78 Å². The van der Waals surface area contributed by atoms with Gasteiger partial charge < -0.3 is 9.47 Å². The van der Waals surface area contributed by atoms with Gasteiger partial charge in [-0.25, -0.2) is 8.78 Å². The van der Waals surface area contributed by atoms with Gasteiger partial charge in [0.05, 0.1) is 17.1 Å². The molecule has 1 amide bonds. The van der Waals surface area contributed by atoms with Crippen LogP contribution in [-0.4, -0.2) is 35.1 Å². The molecule has 1 atom stereocenters. The lowest BCUT2D eigenvalue weighted by atomic mass is 10.00. The van der Waals surface area contributed by atoms with E-state index in [1.807, 2.05) is 48.7 Å². The minimum atomic E-state index is -0.551. The fourth-order valence-electron chi connectivity index (χ4n) is 4.07. The number of aryl methyl sites for hydroxylation is 1. The van der Waals surface area contributed by atoms with E-state index in [0.29, 0.717) is 18.0 Å². The zero-order valence-corrected chi connectivity index (χ0v) is 16.7. The Labute approximate surface area is 167 Å².